The number of benzene rings is 2. The molecule has 1 atom stereocenters. The van der Waals surface area contributed by atoms with E-state index in [0.717, 1.165) is 64.0 Å². The number of aromatic nitrogens is 2. The fourth-order valence-electron chi connectivity index (χ4n) is 7.48. The fourth-order valence-corrected chi connectivity index (χ4v) is 9.02. The van der Waals surface area contributed by atoms with Crippen molar-refractivity contribution in [3.8, 4) is 11.5 Å². The van der Waals surface area contributed by atoms with Crippen LogP contribution in [0.1, 0.15) is 69.3 Å². The number of carbonyl (C=O) groups excluding carboxylic acids is 1. The predicted molar refractivity (Wildman–Crippen MR) is 194 cm³/mol. The number of hydrogen-bond acceptors (Lipinski definition) is 9. The Morgan fingerprint density at radius 3 is 2.36 bits per heavy atom. The number of carbonyl (C=O) groups is 1. The van der Waals surface area contributed by atoms with Crippen molar-refractivity contribution in [2.24, 2.45) is 11.1 Å². The van der Waals surface area contributed by atoms with E-state index in [1.165, 1.54) is 28.8 Å². The second kappa shape index (κ2) is 15.5. The van der Waals surface area contributed by atoms with Crippen LogP contribution >= 0.6 is 12.4 Å². The van der Waals surface area contributed by atoms with Crippen molar-refractivity contribution < 1.29 is 22.3 Å². The highest BCUT2D eigenvalue weighted by Crippen LogP contribution is 2.45. The number of likely N-dealkylation sites (tertiary alicyclic amines) is 1. The van der Waals surface area contributed by atoms with E-state index in [2.05, 4.69) is 19.8 Å². The normalized spacial score (nSPS) is 19.7. The van der Waals surface area contributed by atoms with Gasteiger partial charge in [-0.2, -0.15) is 4.31 Å². The first-order valence-corrected chi connectivity index (χ1v) is 18.7. The minimum absolute atomic E-state index is 0. The first kappa shape index (κ1) is 37.9. The van der Waals surface area contributed by atoms with Crippen LogP contribution in [-0.4, -0.2) is 95.8 Å². The Labute approximate surface area is 301 Å². The van der Waals surface area contributed by atoms with Gasteiger partial charge >= 0.3 is 0 Å². The highest BCUT2D eigenvalue weighted by Gasteiger charge is 2.46. The average molecular weight is 730 g/mol. The van der Waals surface area contributed by atoms with E-state index >= 15 is 0 Å². The Morgan fingerprint density at radius 2 is 1.72 bits per heavy atom. The quantitative estimate of drug-likeness (QED) is 0.296. The van der Waals surface area contributed by atoms with Crippen molar-refractivity contribution in [2.45, 2.75) is 82.9 Å². The van der Waals surface area contributed by atoms with E-state index in [9.17, 15) is 17.6 Å². The molecule has 14 heteroatoms. The van der Waals surface area contributed by atoms with Gasteiger partial charge in [0.25, 0.3) is 5.91 Å². The van der Waals surface area contributed by atoms with Crippen molar-refractivity contribution >= 4 is 34.2 Å². The zero-order chi connectivity index (χ0) is 34.9. The molecular weight excluding hydrogens is 681 g/mol. The first-order valence-electron chi connectivity index (χ1n) is 17.3. The SMILES string of the molecule is CC(C)N(C(=O)c1cc(F)ccc1Oc1cncnc1N1CC2(CCN(Cc3ccc(S(=O)(=O)N4CCC[C@@H](N)C4)cc3)CC2)C1)C(C)C.Cl. The number of nitrogens with two attached hydrogens (primary N) is 1. The second-order valence-electron chi connectivity index (χ2n) is 14.4. The van der Waals surface area contributed by atoms with Crippen LogP contribution in [0.5, 0.6) is 11.5 Å². The van der Waals surface area contributed by atoms with E-state index in [0.29, 0.717) is 29.6 Å². The van der Waals surface area contributed by atoms with Gasteiger partial charge in [-0.05, 0) is 102 Å². The molecule has 0 saturated carbocycles. The Morgan fingerprint density at radius 1 is 1.04 bits per heavy atom. The third-order valence-electron chi connectivity index (χ3n) is 10.1. The molecular formula is C36H49ClFN7O4S. The van der Waals surface area contributed by atoms with Gasteiger partial charge in [-0.1, -0.05) is 12.1 Å². The summed E-state index contributed by atoms with van der Waals surface area (Å²) < 4.78 is 48.4. The van der Waals surface area contributed by atoms with E-state index in [1.54, 1.807) is 23.2 Å². The van der Waals surface area contributed by atoms with Gasteiger partial charge in [0.05, 0.1) is 16.7 Å². The third kappa shape index (κ3) is 8.07. The number of hydrogen-bond donors (Lipinski definition) is 1. The van der Waals surface area contributed by atoms with Crippen molar-refractivity contribution in [1.82, 2.24) is 24.1 Å². The largest absolute Gasteiger partial charge is 0.451 e. The molecule has 1 spiro atoms. The molecule has 3 aliphatic heterocycles. The summed E-state index contributed by atoms with van der Waals surface area (Å²) in [4.78, 5) is 28.9. The van der Waals surface area contributed by atoms with Gasteiger partial charge in [-0.15, -0.1) is 12.4 Å². The highest BCUT2D eigenvalue weighted by atomic mass is 35.5. The van der Waals surface area contributed by atoms with Crippen LogP contribution in [0.4, 0.5) is 10.2 Å². The lowest BCUT2D eigenvalue weighted by atomic mass is 9.72. The summed E-state index contributed by atoms with van der Waals surface area (Å²) in [7, 11) is -3.54. The van der Waals surface area contributed by atoms with Crippen molar-refractivity contribution in [1.29, 1.82) is 0 Å². The molecule has 0 radical (unpaired) electrons. The van der Waals surface area contributed by atoms with Gasteiger partial charge in [0.2, 0.25) is 10.0 Å². The summed E-state index contributed by atoms with van der Waals surface area (Å²) in [6.45, 7) is 12.9. The van der Waals surface area contributed by atoms with E-state index in [1.807, 2.05) is 39.8 Å². The molecule has 3 saturated heterocycles. The molecule has 3 aliphatic rings. The van der Waals surface area contributed by atoms with Gasteiger partial charge in [0, 0.05) is 56.3 Å². The zero-order valence-electron chi connectivity index (χ0n) is 29.3. The van der Waals surface area contributed by atoms with Gasteiger partial charge < -0.3 is 20.3 Å². The number of rotatable bonds is 10. The van der Waals surface area contributed by atoms with Crippen molar-refractivity contribution in [3.63, 3.8) is 0 Å². The Hall–Kier alpha value is -3.36. The standard InChI is InChI=1S/C36H48FN7O4S.ClH/c1-25(2)44(26(3)4)35(45)31-18-28(37)9-12-32(31)48-33-19-39-24-40-34(33)42-22-36(23-42)13-16-41(17-14-36)20-27-7-10-30(11-8-27)49(46,47)43-15-5-6-29(38)21-43;/h7-12,18-19,24-26,29H,5-6,13-17,20-23,38H2,1-4H3;1H/t29-;/m1./s1. The maximum absolute atomic E-state index is 14.4. The molecule has 4 heterocycles. The first-order chi connectivity index (χ1) is 23.3. The Kier molecular flexibility index (Phi) is 11.7. The summed E-state index contributed by atoms with van der Waals surface area (Å²) >= 11 is 0. The minimum Gasteiger partial charge on any atom is -0.451 e. The zero-order valence-corrected chi connectivity index (χ0v) is 30.9. The van der Waals surface area contributed by atoms with Crippen molar-refractivity contribution in [2.75, 3.05) is 44.2 Å². The molecule has 2 N–H and O–H groups in total. The summed E-state index contributed by atoms with van der Waals surface area (Å²) in [5.41, 5.74) is 7.44. The third-order valence-corrected chi connectivity index (χ3v) is 11.9. The highest BCUT2D eigenvalue weighted by molar-refractivity contribution is 7.89. The number of ether oxygens (including phenoxy) is 1. The topological polar surface area (TPSA) is 125 Å². The summed E-state index contributed by atoms with van der Waals surface area (Å²) in [6, 6.07) is 11.0. The summed E-state index contributed by atoms with van der Waals surface area (Å²) in [5.74, 6) is 0.531. The lowest BCUT2D eigenvalue weighted by molar-refractivity contribution is 0.0640. The molecule has 3 fully saturated rings. The number of halogens is 2. The molecule has 272 valence electrons. The molecule has 11 nitrogen and oxygen atoms in total. The molecule has 1 amide bonds. The lowest BCUT2D eigenvalue weighted by Crippen LogP contribution is -2.60. The second-order valence-corrected chi connectivity index (χ2v) is 16.3. The average Bonchev–Trinajstić information content (AvgIpc) is 3.05. The molecule has 1 aromatic heterocycles. The van der Waals surface area contributed by atoms with Gasteiger partial charge in [-0.3, -0.25) is 9.69 Å². The number of nitrogens with zero attached hydrogens (tertiary/aromatic N) is 6. The maximum Gasteiger partial charge on any atom is 0.258 e. The molecule has 50 heavy (non-hydrogen) atoms. The lowest BCUT2D eigenvalue weighted by Gasteiger charge is -2.54. The van der Waals surface area contributed by atoms with Crippen LogP contribution in [0, 0.1) is 11.2 Å². The maximum atomic E-state index is 14.4. The van der Waals surface area contributed by atoms with Crippen LogP contribution in [-0.2, 0) is 16.6 Å². The Bertz CT molecular complexity index is 1740. The van der Waals surface area contributed by atoms with Gasteiger partial charge in [0.15, 0.2) is 11.6 Å². The van der Waals surface area contributed by atoms with E-state index in [-0.39, 0.29) is 53.2 Å². The fraction of sp³-hybridized carbons (Fsp3) is 0.528. The monoisotopic (exact) mass is 729 g/mol. The Balaban J connectivity index is 0.00000486. The van der Waals surface area contributed by atoms with Crippen LogP contribution in [0.15, 0.2) is 59.9 Å². The smallest absolute Gasteiger partial charge is 0.258 e. The van der Waals surface area contributed by atoms with Crippen molar-refractivity contribution in [3.05, 3.63) is 71.9 Å². The van der Waals surface area contributed by atoms with E-state index in [4.69, 9.17) is 10.5 Å². The van der Waals surface area contributed by atoms with Crippen LogP contribution in [0.3, 0.4) is 0 Å². The summed E-state index contributed by atoms with van der Waals surface area (Å²) in [6.07, 6.45) is 6.79. The van der Waals surface area contributed by atoms with Gasteiger partial charge in [-0.25, -0.2) is 22.8 Å². The minimum atomic E-state index is -3.54. The summed E-state index contributed by atoms with van der Waals surface area (Å²) in [5, 5.41) is 0. The van der Waals surface area contributed by atoms with Crippen LogP contribution in [0.2, 0.25) is 0 Å². The molecule has 0 unspecified atom stereocenters. The molecule has 3 aromatic rings. The number of piperidine rings is 2. The number of amides is 1. The molecule has 0 aliphatic carbocycles. The van der Waals surface area contributed by atoms with Gasteiger partial charge in [0.1, 0.15) is 17.9 Å². The molecule has 6 rings (SSSR count). The molecule has 2 aromatic carbocycles. The number of anilines is 1. The van der Waals surface area contributed by atoms with Crippen LogP contribution in [0.25, 0.3) is 0 Å². The predicted octanol–water partition coefficient (Wildman–Crippen LogP) is 5.30. The van der Waals surface area contributed by atoms with Crippen LogP contribution < -0.4 is 15.4 Å². The molecule has 0 bridgehead atoms. The van der Waals surface area contributed by atoms with E-state index < -0.39 is 15.8 Å². The number of sulfonamides is 1.